The number of ether oxygens (including phenoxy) is 3. The van der Waals surface area contributed by atoms with E-state index < -0.39 is 0 Å². The molecule has 2 aromatic carbocycles. The minimum absolute atomic E-state index is 0.210. The van der Waals surface area contributed by atoms with Crippen LogP contribution in [-0.4, -0.2) is 67.6 Å². The van der Waals surface area contributed by atoms with Crippen LogP contribution in [0.4, 0.5) is 11.4 Å². The lowest BCUT2D eigenvalue weighted by molar-refractivity contribution is 0.0115. The van der Waals surface area contributed by atoms with Crippen LogP contribution in [0.2, 0.25) is 0 Å². The number of benzene rings is 2. The van der Waals surface area contributed by atoms with E-state index >= 15 is 0 Å². The van der Waals surface area contributed by atoms with Crippen LogP contribution in [0.5, 0.6) is 11.5 Å². The molecule has 3 aromatic rings. The maximum atomic E-state index is 13.3. The van der Waals surface area contributed by atoms with Gasteiger partial charge in [0.05, 0.1) is 30.0 Å². The van der Waals surface area contributed by atoms with Crippen molar-refractivity contribution in [3.63, 3.8) is 0 Å². The first-order chi connectivity index (χ1) is 19.0. The molecule has 9 heteroatoms. The van der Waals surface area contributed by atoms with Crippen LogP contribution < -0.4 is 19.7 Å². The van der Waals surface area contributed by atoms with Gasteiger partial charge in [-0.1, -0.05) is 0 Å². The first-order valence-electron chi connectivity index (χ1n) is 13.5. The molecule has 0 saturated carbocycles. The van der Waals surface area contributed by atoms with E-state index in [4.69, 9.17) is 14.2 Å². The largest absolute Gasteiger partial charge is 0.454 e. The van der Waals surface area contributed by atoms with Gasteiger partial charge in [0.25, 0.3) is 5.91 Å². The van der Waals surface area contributed by atoms with E-state index in [0.717, 1.165) is 80.7 Å². The minimum Gasteiger partial charge on any atom is -0.454 e. The number of aromatic nitrogens is 1. The highest BCUT2D eigenvalue weighted by atomic mass is 16.7. The number of nitriles is 1. The van der Waals surface area contributed by atoms with Crippen molar-refractivity contribution in [2.75, 3.05) is 56.4 Å². The Labute approximate surface area is 228 Å². The average molecular weight is 528 g/mol. The first kappa shape index (κ1) is 25.3. The van der Waals surface area contributed by atoms with Crippen molar-refractivity contribution >= 4 is 17.3 Å². The molecular weight excluding hydrogens is 494 g/mol. The predicted octanol–water partition coefficient (Wildman–Crippen LogP) is 4.25. The molecule has 9 nitrogen and oxygen atoms in total. The summed E-state index contributed by atoms with van der Waals surface area (Å²) in [5.74, 6) is 1.20. The number of fused-ring (bicyclic) bond motifs is 1. The van der Waals surface area contributed by atoms with E-state index in [1.807, 2.05) is 54.8 Å². The Kier molecular flexibility index (Phi) is 6.90. The van der Waals surface area contributed by atoms with Crippen molar-refractivity contribution in [1.29, 1.82) is 5.26 Å². The van der Waals surface area contributed by atoms with E-state index in [9.17, 15) is 10.1 Å². The third-order valence-electron chi connectivity index (χ3n) is 8.03. The van der Waals surface area contributed by atoms with Crippen LogP contribution in [0.15, 0.2) is 42.5 Å². The number of amides is 1. The van der Waals surface area contributed by atoms with E-state index in [1.165, 1.54) is 0 Å². The molecular formula is C30H33N5O4. The molecule has 0 spiro atoms. The maximum absolute atomic E-state index is 13.3. The molecule has 0 bridgehead atoms. The number of morpholine rings is 1. The molecule has 3 aliphatic heterocycles. The number of carbonyl (C=O) groups excluding carboxylic acids is 1. The minimum atomic E-state index is -0.210. The quantitative estimate of drug-likeness (QED) is 0.530. The maximum Gasteiger partial charge on any atom is 0.257 e. The molecule has 3 aliphatic rings. The number of nitrogens with one attached hydrogen (secondary N) is 1. The van der Waals surface area contributed by atoms with Crippen LogP contribution >= 0.6 is 0 Å². The van der Waals surface area contributed by atoms with Crippen molar-refractivity contribution in [1.82, 2.24) is 9.47 Å². The van der Waals surface area contributed by atoms with Crippen molar-refractivity contribution in [3.05, 3.63) is 65.0 Å². The Morgan fingerprint density at radius 2 is 1.74 bits per heavy atom. The Morgan fingerprint density at radius 3 is 2.51 bits per heavy atom. The van der Waals surface area contributed by atoms with E-state index in [0.29, 0.717) is 28.6 Å². The van der Waals surface area contributed by atoms with Crippen molar-refractivity contribution in [3.8, 4) is 23.3 Å². The molecule has 1 amide bonds. The van der Waals surface area contributed by atoms with E-state index in [1.54, 1.807) is 6.07 Å². The summed E-state index contributed by atoms with van der Waals surface area (Å²) in [6.45, 7) is 9.57. The Bertz CT molecular complexity index is 1430. The van der Waals surface area contributed by atoms with Gasteiger partial charge in [0.2, 0.25) is 6.79 Å². The van der Waals surface area contributed by atoms with Crippen molar-refractivity contribution < 1.29 is 19.0 Å². The number of hydrogen-bond acceptors (Lipinski definition) is 7. The molecule has 0 radical (unpaired) electrons. The van der Waals surface area contributed by atoms with Crippen LogP contribution in [0, 0.1) is 25.2 Å². The second kappa shape index (κ2) is 10.6. The van der Waals surface area contributed by atoms with Gasteiger partial charge in [-0.25, -0.2) is 0 Å². The van der Waals surface area contributed by atoms with Crippen LogP contribution in [0.1, 0.15) is 40.2 Å². The molecule has 39 heavy (non-hydrogen) atoms. The second-order valence-corrected chi connectivity index (χ2v) is 10.3. The molecule has 2 fully saturated rings. The predicted molar refractivity (Wildman–Crippen MR) is 148 cm³/mol. The summed E-state index contributed by atoms with van der Waals surface area (Å²) in [6.07, 6.45) is 2.14. The molecule has 6 rings (SSSR count). The highest BCUT2D eigenvalue weighted by Gasteiger charge is 2.27. The summed E-state index contributed by atoms with van der Waals surface area (Å²) >= 11 is 0. The van der Waals surface area contributed by atoms with E-state index in [2.05, 4.69) is 21.2 Å². The highest BCUT2D eigenvalue weighted by molar-refractivity contribution is 6.05. The Balaban J connectivity index is 1.15. The number of hydrogen-bond donors (Lipinski definition) is 1. The van der Waals surface area contributed by atoms with Gasteiger partial charge in [-0.2, -0.15) is 5.26 Å². The summed E-state index contributed by atoms with van der Waals surface area (Å²) in [5, 5.41) is 12.9. The molecule has 1 aromatic heterocycles. The number of carbonyl (C=O) groups is 1. The molecule has 1 N–H and O–H groups in total. The third kappa shape index (κ3) is 4.93. The molecule has 2 saturated heterocycles. The molecule has 0 atom stereocenters. The van der Waals surface area contributed by atoms with Gasteiger partial charge in [0.1, 0.15) is 6.07 Å². The fourth-order valence-corrected chi connectivity index (χ4v) is 6.01. The molecule has 202 valence electrons. The van der Waals surface area contributed by atoms with Gasteiger partial charge < -0.3 is 29.0 Å². The van der Waals surface area contributed by atoms with Gasteiger partial charge in [-0.3, -0.25) is 9.69 Å². The zero-order chi connectivity index (χ0) is 26.9. The SMILES string of the molecule is Cc1cc(C(=O)Nc2ccc(N3CCC(N4CCOCC4)CC3)c(C#N)c2)c(C)n1-c1ccc2c(c1)OCO2. The van der Waals surface area contributed by atoms with Gasteiger partial charge in [0.15, 0.2) is 11.5 Å². The first-order valence-corrected chi connectivity index (χ1v) is 13.5. The van der Waals surface area contributed by atoms with Crippen molar-refractivity contribution in [2.45, 2.75) is 32.7 Å². The Hall–Kier alpha value is -4.00. The fourth-order valence-electron chi connectivity index (χ4n) is 6.01. The van der Waals surface area contributed by atoms with Gasteiger partial charge in [-0.05, 0) is 63.1 Å². The normalized spacial score (nSPS) is 17.7. The van der Waals surface area contributed by atoms with E-state index in [-0.39, 0.29) is 12.7 Å². The Morgan fingerprint density at radius 1 is 0.974 bits per heavy atom. The zero-order valence-corrected chi connectivity index (χ0v) is 22.4. The van der Waals surface area contributed by atoms with Gasteiger partial charge in [-0.15, -0.1) is 0 Å². The lowest BCUT2D eigenvalue weighted by Gasteiger charge is -2.41. The smallest absolute Gasteiger partial charge is 0.257 e. The average Bonchev–Trinajstić information content (AvgIpc) is 3.56. The highest BCUT2D eigenvalue weighted by Crippen LogP contribution is 2.35. The number of rotatable bonds is 5. The summed E-state index contributed by atoms with van der Waals surface area (Å²) in [5.41, 5.74) is 5.35. The van der Waals surface area contributed by atoms with Crippen LogP contribution in [0.3, 0.4) is 0 Å². The number of aryl methyl sites for hydroxylation is 1. The van der Waals surface area contributed by atoms with Gasteiger partial charge in [0, 0.05) is 61.0 Å². The lowest BCUT2D eigenvalue weighted by Crippen LogP contribution is -2.49. The standard InChI is InChI=1S/C30H33N5O4/c1-20-15-26(21(2)35(20)25-4-6-28-29(17-25)39-19-38-28)30(36)32-23-3-5-27(22(16-23)18-31)34-9-7-24(8-10-34)33-11-13-37-14-12-33/h3-6,15-17,24H,7-14,19H2,1-2H3,(H,32,36). The summed E-state index contributed by atoms with van der Waals surface area (Å²) in [7, 11) is 0. The summed E-state index contributed by atoms with van der Waals surface area (Å²) in [4.78, 5) is 18.1. The second-order valence-electron chi connectivity index (χ2n) is 10.3. The van der Waals surface area contributed by atoms with Crippen LogP contribution in [0.25, 0.3) is 5.69 Å². The summed E-state index contributed by atoms with van der Waals surface area (Å²) in [6, 6.07) is 16.2. The van der Waals surface area contributed by atoms with Crippen molar-refractivity contribution in [2.24, 2.45) is 0 Å². The molecule has 4 heterocycles. The van der Waals surface area contributed by atoms with Gasteiger partial charge >= 0.3 is 0 Å². The fraction of sp³-hybridized carbons (Fsp3) is 0.400. The number of anilines is 2. The number of piperidine rings is 1. The van der Waals surface area contributed by atoms with Crippen LogP contribution in [-0.2, 0) is 4.74 Å². The topological polar surface area (TPSA) is 92.0 Å². The number of nitrogens with zero attached hydrogens (tertiary/aromatic N) is 4. The zero-order valence-electron chi connectivity index (χ0n) is 22.4. The third-order valence-corrected chi connectivity index (χ3v) is 8.03. The molecule has 0 aliphatic carbocycles. The molecule has 0 unspecified atom stereocenters. The lowest BCUT2D eigenvalue weighted by atomic mass is 10.0. The summed E-state index contributed by atoms with van der Waals surface area (Å²) < 4.78 is 18.5. The monoisotopic (exact) mass is 527 g/mol.